The van der Waals surface area contributed by atoms with E-state index in [0.717, 1.165) is 12.1 Å². The van der Waals surface area contributed by atoms with Crippen molar-refractivity contribution >= 4 is 32.9 Å². The molecule has 0 fully saturated rings. The van der Waals surface area contributed by atoms with Crippen molar-refractivity contribution in [1.29, 1.82) is 0 Å². The van der Waals surface area contributed by atoms with Gasteiger partial charge >= 0.3 is 6.18 Å². The Morgan fingerprint density at radius 1 is 1.26 bits per heavy atom. The molecule has 0 amide bonds. The fourth-order valence-electron chi connectivity index (χ4n) is 1.60. The van der Waals surface area contributed by atoms with E-state index in [1.165, 1.54) is 13.4 Å². The Hall–Kier alpha value is -1.56. The zero-order chi connectivity index (χ0) is 14.0. The van der Waals surface area contributed by atoms with Crippen LogP contribution in [0.3, 0.4) is 0 Å². The van der Waals surface area contributed by atoms with E-state index in [2.05, 4.69) is 20.9 Å². The van der Waals surface area contributed by atoms with Crippen LogP contribution in [0.25, 0.3) is 17.0 Å². The van der Waals surface area contributed by atoms with Crippen LogP contribution in [0.5, 0.6) is 0 Å². The summed E-state index contributed by atoms with van der Waals surface area (Å²) in [6, 6.07) is 5.33. The number of methoxy groups -OCH3 is 1. The molecule has 0 N–H and O–H groups in total. The summed E-state index contributed by atoms with van der Waals surface area (Å²) in [5, 5.41) is 0.427. The fourth-order valence-corrected chi connectivity index (χ4v) is 2.17. The highest BCUT2D eigenvalue weighted by atomic mass is 79.9. The molecule has 6 heteroatoms. The molecule has 1 aromatic carbocycles. The second-order valence-corrected chi connectivity index (χ2v) is 4.66. The lowest BCUT2D eigenvalue weighted by molar-refractivity contribution is -0.137. The molecule has 100 valence electrons. The minimum Gasteiger partial charge on any atom is -0.504 e. The van der Waals surface area contributed by atoms with Gasteiger partial charge in [-0.3, -0.25) is 0 Å². The van der Waals surface area contributed by atoms with Crippen molar-refractivity contribution in [3.05, 3.63) is 46.3 Å². The van der Waals surface area contributed by atoms with E-state index in [9.17, 15) is 13.2 Å². The summed E-state index contributed by atoms with van der Waals surface area (Å²) in [4.78, 5) is 4.25. The van der Waals surface area contributed by atoms with Crippen molar-refractivity contribution in [2.75, 3.05) is 7.11 Å². The zero-order valence-electron chi connectivity index (χ0n) is 9.83. The number of nitrogens with zero attached hydrogens (tertiary/aromatic N) is 1. The van der Waals surface area contributed by atoms with Crippen LogP contribution in [0.2, 0.25) is 0 Å². The summed E-state index contributed by atoms with van der Waals surface area (Å²) in [5.74, 6) is 0. The van der Waals surface area contributed by atoms with E-state index in [4.69, 9.17) is 4.74 Å². The Morgan fingerprint density at radius 2 is 2.00 bits per heavy atom. The standard InChI is InChI=1S/C13H9BrF3NO/c1-19-5-4-10-3-2-8-6-9(13(15,16)17)7-11(14)12(8)18-10/h2-7H,1H3/b5-4+. The smallest absolute Gasteiger partial charge is 0.416 e. The molecule has 2 aromatic rings. The molecule has 2 rings (SSSR count). The van der Waals surface area contributed by atoms with Gasteiger partial charge in [-0.15, -0.1) is 0 Å². The van der Waals surface area contributed by atoms with Crippen molar-refractivity contribution < 1.29 is 17.9 Å². The maximum atomic E-state index is 12.7. The van der Waals surface area contributed by atoms with Crippen molar-refractivity contribution in [1.82, 2.24) is 4.98 Å². The highest BCUT2D eigenvalue weighted by Gasteiger charge is 2.31. The Balaban J connectivity index is 2.57. The minimum absolute atomic E-state index is 0.310. The molecule has 0 spiro atoms. The second-order valence-electron chi connectivity index (χ2n) is 3.80. The molecule has 0 bridgehead atoms. The van der Waals surface area contributed by atoms with Gasteiger partial charge < -0.3 is 4.74 Å². The summed E-state index contributed by atoms with van der Waals surface area (Å²) >= 11 is 3.12. The molecule has 1 aromatic heterocycles. The van der Waals surface area contributed by atoms with Gasteiger partial charge in [0, 0.05) is 9.86 Å². The number of alkyl halides is 3. The average molecular weight is 332 g/mol. The van der Waals surface area contributed by atoms with Gasteiger partial charge in [-0.1, -0.05) is 6.07 Å². The summed E-state index contributed by atoms with van der Waals surface area (Å²) in [7, 11) is 1.50. The molecule has 19 heavy (non-hydrogen) atoms. The summed E-state index contributed by atoms with van der Waals surface area (Å²) in [6.45, 7) is 0. The van der Waals surface area contributed by atoms with Crippen LogP contribution in [0, 0.1) is 0 Å². The normalized spacial score (nSPS) is 12.3. The maximum absolute atomic E-state index is 12.7. The largest absolute Gasteiger partial charge is 0.504 e. The van der Waals surface area contributed by atoms with E-state index >= 15 is 0 Å². The van der Waals surface area contributed by atoms with E-state index in [0.29, 0.717) is 21.1 Å². The summed E-state index contributed by atoms with van der Waals surface area (Å²) < 4.78 is 43.1. The van der Waals surface area contributed by atoms with Crippen LogP contribution in [0.4, 0.5) is 13.2 Å². The SMILES string of the molecule is CO/C=C/c1ccc2cc(C(F)(F)F)cc(Br)c2n1. The maximum Gasteiger partial charge on any atom is 0.416 e. The van der Waals surface area contributed by atoms with Crippen LogP contribution in [-0.2, 0) is 10.9 Å². The Labute approximate surface area is 116 Å². The van der Waals surface area contributed by atoms with Crippen molar-refractivity contribution in [3.8, 4) is 0 Å². The van der Waals surface area contributed by atoms with Crippen LogP contribution < -0.4 is 0 Å². The monoisotopic (exact) mass is 331 g/mol. The first-order chi connectivity index (χ1) is 8.91. The van der Waals surface area contributed by atoms with E-state index < -0.39 is 11.7 Å². The first-order valence-corrected chi connectivity index (χ1v) is 6.08. The molecule has 0 radical (unpaired) electrons. The van der Waals surface area contributed by atoms with Crippen LogP contribution in [-0.4, -0.2) is 12.1 Å². The number of aromatic nitrogens is 1. The zero-order valence-corrected chi connectivity index (χ0v) is 11.4. The van der Waals surface area contributed by atoms with Gasteiger partial charge in [-0.2, -0.15) is 13.2 Å². The number of fused-ring (bicyclic) bond motifs is 1. The number of rotatable bonds is 2. The number of halogens is 4. The van der Waals surface area contributed by atoms with Gasteiger partial charge in [0.1, 0.15) is 0 Å². The second kappa shape index (κ2) is 5.21. The third-order valence-corrected chi connectivity index (χ3v) is 3.07. The first-order valence-electron chi connectivity index (χ1n) is 5.28. The highest BCUT2D eigenvalue weighted by molar-refractivity contribution is 9.10. The van der Waals surface area contributed by atoms with E-state index in [1.54, 1.807) is 18.2 Å². The molecule has 0 saturated heterocycles. The predicted octanol–water partition coefficient (Wildman–Crippen LogP) is 4.63. The quantitative estimate of drug-likeness (QED) is 0.748. The molecular weight excluding hydrogens is 323 g/mol. The average Bonchev–Trinajstić information content (AvgIpc) is 2.35. The summed E-state index contributed by atoms with van der Waals surface area (Å²) in [6.07, 6.45) is -1.29. The van der Waals surface area contributed by atoms with Gasteiger partial charge in [-0.25, -0.2) is 4.98 Å². The topological polar surface area (TPSA) is 22.1 Å². The Kier molecular flexibility index (Phi) is 3.80. The number of hydrogen-bond donors (Lipinski definition) is 0. The van der Waals surface area contributed by atoms with Crippen molar-refractivity contribution in [2.24, 2.45) is 0 Å². The molecule has 0 aliphatic carbocycles. The molecule has 0 aliphatic heterocycles. The van der Waals surface area contributed by atoms with Crippen LogP contribution in [0.15, 0.2) is 35.0 Å². The van der Waals surface area contributed by atoms with Gasteiger partial charge in [-0.05, 0) is 40.2 Å². The van der Waals surface area contributed by atoms with Crippen LogP contribution in [0.1, 0.15) is 11.3 Å². The molecular formula is C13H9BrF3NO. The van der Waals surface area contributed by atoms with E-state index in [1.807, 2.05) is 0 Å². The minimum atomic E-state index is -4.37. The molecule has 0 saturated carbocycles. The number of hydrogen-bond acceptors (Lipinski definition) is 2. The lowest BCUT2D eigenvalue weighted by atomic mass is 10.1. The first kappa shape index (κ1) is 13.9. The van der Waals surface area contributed by atoms with Gasteiger partial charge in [0.2, 0.25) is 0 Å². The summed E-state index contributed by atoms with van der Waals surface area (Å²) in [5.41, 5.74) is 0.384. The fraction of sp³-hybridized carbons (Fsp3) is 0.154. The van der Waals surface area contributed by atoms with Gasteiger partial charge in [0.05, 0.1) is 30.1 Å². The Bertz CT molecular complexity index is 638. The number of benzene rings is 1. The van der Waals surface area contributed by atoms with E-state index in [-0.39, 0.29) is 0 Å². The number of ether oxygens (including phenoxy) is 1. The van der Waals surface area contributed by atoms with Crippen molar-refractivity contribution in [2.45, 2.75) is 6.18 Å². The molecule has 2 nitrogen and oxygen atoms in total. The molecule has 0 atom stereocenters. The third-order valence-electron chi connectivity index (χ3n) is 2.47. The molecule has 1 heterocycles. The lowest BCUT2D eigenvalue weighted by Gasteiger charge is -2.09. The number of pyridine rings is 1. The molecule has 0 aliphatic rings. The third kappa shape index (κ3) is 3.07. The van der Waals surface area contributed by atoms with Crippen LogP contribution >= 0.6 is 15.9 Å². The van der Waals surface area contributed by atoms with Crippen molar-refractivity contribution in [3.63, 3.8) is 0 Å². The Morgan fingerprint density at radius 3 is 2.63 bits per heavy atom. The molecule has 0 unspecified atom stereocenters. The van der Waals surface area contributed by atoms with Gasteiger partial charge in [0.15, 0.2) is 0 Å². The predicted molar refractivity (Wildman–Crippen MR) is 70.5 cm³/mol. The lowest BCUT2D eigenvalue weighted by Crippen LogP contribution is -2.05. The van der Waals surface area contributed by atoms with Gasteiger partial charge in [0.25, 0.3) is 0 Å². The highest BCUT2D eigenvalue weighted by Crippen LogP contribution is 2.34.